The molecule has 0 aliphatic heterocycles. The SMILES string of the molecule is CC(NC(=O)CSc1nnc(-c2ccccc2)n1-c1ccccc1)c1nnc2ccccn12. The van der Waals surface area contributed by atoms with Gasteiger partial charge in [0.15, 0.2) is 22.5 Å². The van der Waals surface area contributed by atoms with Crippen molar-refractivity contribution in [2.24, 2.45) is 0 Å². The number of nitrogens with zero attached hydrogens (tertiary/aromatic N) is 6. The Bertz CT molecular complexity index is 1380. The smallest absolute Gasteiger partial charge is 0.231 e. The van der Waals surface area contributed by atoms with Crippen LogP contribution in [0.1, 0.15) is 18.8 Å². The lowest BCUT2D eigenvalue weighted by Crippen LogP contribution is -2.29. The average Bonchev–Trinajstić information content (AvgIpc) is 3.48. The van der Waals surface area contributed by atoms with Gasteiger partial charge in [-0.1, -0.05) is 66.4 Å². The Kier molecular flexibility index (Phi) is 5.86. The van der Waals surface area contributed by atoms with Crippen LogP contribution in [0.5, 0.6) is 0 Å². The Morgan fingerprint density at radius 3 is 2.42 bits per heavy atom. The molecule has 0 aliphatic carbocycles. The second-order valence-corrected chi connectivity index (χ2v) is 8.35. The van der Waals surface area contributed by atoms with Crippen molar-refractivity contribution in [3.63, 3.8) is 0 Å². The standard InChI is InChI=1S/C24H21N7OS/c1-17(22-27-26-20-14-8-9-15-30(20)22)25-21(32)16-33-24-29-28-23(18-10-4-2-5-11-18)31(24)19-12-6-3-7-13-19/h2-15,17H,16H2,1H3,(H,25,32). The fraction of sp³-hybridized carbons (Fsp3) is 0.125. The van der Waals surface area contributed by atoms with Crippen molar-refractivity contribution >= 4 is 23.3 Å². The predicted molar refractivity (Wildman–Crippen MR) is 127 cm³/mol. The van der Waals surface area contributed by atoms with Crippen LogP contribution in [0.2, 0.25) is 0 Å². The van der Waals surface area contributed by atoms with Crippen molar-refractivity contribution in [2.45, 2.75) is 18.1 Å². The summed E-state index contributed by atoms with van der Waals surface area (Å²) < 4.78 is 3.85. The highest BCUT2D eigenvalue weighted by atomic mass is 32.2. The van der Waals surface area contributed by atoms with Crippen LogP contribution in [0.3, 0.4) is 0 Å². The lowest BCUT2D eigenvalue weighted by Gasteiger charge is -2.13. The molecule has 0 saturated carbocycles. The minimum absolute atomic E-state index is 0.121. The lowest BCUT2D eigenvalue weighted by atomic mass is 10.2. The van der Waals surface area contributed by atoms with E-state index in [1.807, 2.05) is 101 Å². The molecule has 3 heterocycles. The van der Waals surface area contributed by atoms with E-state index in [1.165, 1.54) is 11.8 Å². The molecular weight excluding hydrogens is 434 g/mol. The summed E-state index contributed by atoms with van der Waals surface area (Å²) in [4.78, 5) is 12.7. The number of carbonyl (C=O) groups excluding carboxylic acids is 1. The van der Waals surface area contributed by atoms with Crippen LogP contribution in [-0.4, -0.2) is 41.0 Å². The molecule has 164 valence electrons. The Balaban J connectivity index is 1.34. The van der Waals surface area contributed by atoms with E-state index < -0.39 is 0 Å². The van der Waals surface area contributed by atoms with Crippen LogP contribution >= 0.6 is 11.8 Å². The van der Waals surface area contributed by atoms with Gasteiger partial charge in [0.2, 0.25) is 5.91 Å². The molecular formula is C24H21N7OS. The van der Waals surface area contributed by atoms with E-state index in [0.717, 1.165) is 22.7 Å². The number of aromatic nitrogens is 6. The van der Waals surface area contributed by atoms with Gasteiger partial charge in [-0.2, -0.15) is 0 Å². The lowest BCUT2D eigenvalue weighted by molar-refractivity contribution is -0.119. The molecule has 1 N–H and O–H groups in total. The summed E-state index contributed by atoms with van der Waals surface area (Å²) in [6, 6.07) is 25.2. The topological polar surface area (TPSA) is 90.0 Å². The molecule has 1 amide bonds. The van der Waals surface area contributed by atoms with Crippen molar-refractivity contribution < 1.29 is 4.79 Å². The zero-order chi connectivity index (χ0) is 22.6. The van der Waals surface area contributed by atoms with Crippen molar-refractivity contribution in [1.82, 2.24) is 34.7 Å². The van der Waals surface area contributed by atoms with E-state index in [0.29, 0.717) is 11.0 Å². The third-order valence-electron chi connectivity index (χ3n) is 5.12. The zero-order valence-electron chi connectivity index (χ0n) is 17.9. The number of hydrogen-bond acceptors (Lipinski definition) is 6. The maximum absolute atomic E-state index is 12.7. The first-order valence-electron chi connectivity index (χ1n) is 10.5. The molecule has 0 fully saturated rings. The average molecular weight is 456 g/mol. The van der Waals surface area contributed by atoms with Crippen LogP contribution in [0.4, 0.5) is 0 Å². The molecule has 0 saturated heterocycles. The van der Waals surface area contributed by atoms with Crippen LogP contribution in [0.15, 0.2) is 90.2 Å². The highest BCUT2D eigenvalue weighted by Gasteiger charge is 2.19. The van der Waals surface area contributed by atoms with Crippen molar-refractivity contribution in [3.8, 4) is 17.1 Å². The molecule has 9 heteroatoms. The molecule has 5 rings (SSSR count). The van der Waals surface area contributed by atoms with E-state index in [4.69, 9.17) is 0 Å². The molecule has 3 aromatic heterocycles. The summed E-state index contributed by atoms with van der Waals surface area (Å²) in [6.07, 6.45) is 1.88. The van der Waals surface area contributed by atoms with Crippen LogP contribution in [0, 0.1) is 0 Å². The van der Waals surface area contributed by atoms with Gasteiger partial charge >= 0.3 is 0 Å². The quantitative estimate of drug-likeness (QED) is 0.374. The summed E-state index contributed by atoms with van der Waals surface area (Å²) >= 11 is 1.34. The second-order valence-electron chi connectivity index (χ2n) is 7.41. The highest BCUT2D eigenvalue weighted by Crippen LogP contribution is 2.27. The van der Waals surface area contributed by atoms with E-state index >= 15 is 0 Å². The number of rotatable bonds is 7. The van der Waals surface area contributed by atoms with Crippen molar-refractivity contribution in [3.05, 3.63) is 90.9 Å². The number of carbonyl (C=O) groups is 1. The van der Waals surface area contributed by atoms with Gasteiger partial charge < -0.3 is 5.32 Å². The Morgan fingerprint density at radius 1 is 0.909 bits per heavy atom. The van der Waals surface area contributed by atoms with E-state index in [2.05, 4.69) is 25.7 Å². The van der Waals surface area contributed by atoms with Crippen molar-refractivity contribution in [2.75, 3.05) is 5.75 Å². The Hall–Kier alpha value is -3.98. The molecule has 0 bridgehead atoms. The van der Waals surface area contributed by atoms with E-state index in [9.17, 15) is 4.79 Å². The van der Waals surface area contributed by atoms with Gasteiger partial charge in [0, 0.05) is 17.4 Å². The molecule has 1 atom stereocenters. The third-order valence-corrected chi connectivity index (χ3v) is 6.05. The summed E-state index contributed by atoms with van der Waals surface area (Å²) in [5.41, 5.74) is 2.64. The Morgan fingerprint density at radius 2 is 1.64 bits per heavy atom. The Labute approximate surface area is 194 Å². The third kappa shape index (κ3) is 4.35. The summed E-state index contributed by atoms with van der Waals surface area (Å²) in [6.45, 7) is 1.89. The monoisotopic (exact) mass is 455 g/mol. The minimum Gasteiger partial charge on any atom is -0.346 e. The van der Waals surface area contributed by atoms with E-state index in [-0.39, 0.29) is 17.7 Å². The first kappa shape index (κ1) is 20.9. The van der Waals surface area contributed by atoms with Crippen LogP contribution < -0.4 is 5.32 Å². The van der Waals surface area contributed by atoms with Crippen molar-refractivity contribution in [1.29, 1.82) is 0 Å². The van der Waals surface area contributed by atoms with Gasteiger partial charge in [-0.05, 0) is 31.2 Å². The molecule has 0 aliphatic rings. The maximum atomic E-state index is 12.7. The predicted octanol–water partition coefficient (Wildman–Crippen LogP) is 3.95. The molecule has 2 aromatic carbocycles. The van der Waals surface area contributed by atoms with Gasteiger partial charge in [-0.3, -0.25) is 13.8 Å². The molecule has 0 spiro atoms. The van der Waals surface area contributed by atoms with Crippen LogP contribution in [-0.2, 0) is 4.79 Å². The molecule has 1 unspecified atom stereocenters. The minimum atomic E-state index is -0.289. The number of nitrogens with one attached hydrogen (secondary N) is 1. The fourth-order valence-corrected chi connectivity index (χ4v) is 4.34. The number of hydrogen-bond donors (Lipinski definition) is 1. The summed E-state index contributed by atoms with van der Waals surface area (Å²) in [5.74, 6) is 1.49. The molecule has 33 heavy (non-hydrogen) atoms. The number of para-hydroxylation sites is 1. The first-order valence-corrected chi connectivity index (χ1v) is 11.5. The van der Waals surface area contributed by atoms with Gasteiger partial charge in [0.1, 0.15) is 0 Å². The number of fused-ring (bicyclic) bond motifs is 1. The largest absolute Gasteiger partial charge is 0.346 e. The van der Waals surface area contributed by atoms with Gasteiger partial charge in [0.05, 0.1) is 11.8 Å². The number of amides is 1. The van der Waals surface area contributed by atoms with Gasteiger partial charge in [-0.25, -0.2) is 0 Å². The summed E-state index contributed by atoms with van der Waals surface area (Å²) in [7, 11) is 0. The highest BCUT2D eigenvalue weighted by molar-refractivity contribution is 7.99. The summed E-state index contributed by atoms with van der Waals surface area (Å²) in [5, 5.41) is 20.8. The number of thioether (sulfide) groups is 1. The first-order chi connectivity index (χ1) is 16.2. The molecule has 8 nitrogen and oxygen atoms in total. The van der Waals surface area contributed by atoms with Gasteiger partial charge in [0.25, 0.3) is 0 Å². The van der Waals surface area contributed by atoms with Gasteiger partial charge in [-0.15, -0.1) is 20.4 Å². The maximum Gasteiger partial charge on any atom is 0.231 e. The molecule has 5 aromatic rings. The normalized spacial score (nSPS) is 12.0. The number of pyridine rings is 1. The molecule has 0 radical (unpaired) electrons. The van der Waals surface area contributed by atoms with Crippen LogP contribution in [0.25, 0.3) is 22.7 Å². The zero-order valence-corrected chi connectivity index (χ0v) is 18.7. The second kappa shape index (κ2) is 9.25. The number of benzene rings is 2. The fourth-order valence-electron chi connectivity index (χ4n) is 3.58. The van der Waals surface area contributed by atoms with E-state index in [1.54, 1.807) is 0 Å².